The largest absolute Gasteiger partial charge is 0.339 e. The molecule has 0 aliphatic carbocycles. The maximum absolute atomic E-state index is 12.9. The summed E-state index contributed by atoms with van der Waals surface area (Å²) in [5.41, 5.74) is 10.7. The van der Waals surface area contributed by atoms with Crippen LogP contribution in [-0.4, -0.2) is 47.9 Å². The van der Waals surface area contributed by atoms with E-state index in [9.17, 15) is 4.79 Å². The van der Waals surface area contributed by atoms with Gasteiger partial charge in [-0.05, 0) is 34.7 Å². The summed E-state index contributed by atoms with van der Waals surface area (Å²) in [4.78, 5) is 17.1. The predicted octanol–water partition coefficient (Wildman–Crippen LogP) is 4.87. The molecule has 0 aromatic heterocycles. The smallest absolute Gasteiger partial charge is 0.239 e. The van der Waals surface area contributed by atoms with Gasteiger partial charge in [0.2, 0.25) is 5.91 Å². The SMILES string of the molecule is N[C@@H](Cc1ccc(-c2ccccc2)cc1)C(=O)N1CCN(Cc2cccc(Cl)c2Cl)CC1. The number of rotatable bonds is 6. The van der Waals surface area contributed by atoms with E-state index in [0.29, 0.717) is 29.6 Å². The first-order valence-electron chi connectivity index (χ1n) is 10.9. The average Bonchev–Trinajstić information content (AvgIpc) is 2.83. The quantitative estimate of drug-likeness (QED) is 0.562. The van der Waals surface area contributed by atoms with E-state index in [-0.39, 0.29) is 5.91 Å². The molecule has 1 heterocycles. The van der Waals surface area contributed by atoms with Crippen molar-refractivity contribution >= 4 is 29.1 Å². The molecule has 4 nitrogen and oxygen atoms in total. The standard InChI is InChI=1S/C26H27Cl2N3O/c27-23-8-4-7-22(25(23)28)18-30-13-15-31(16-14-30)26(32)24(29)17-19-9-11-21(12-10-19)20-5-2-1-3-6-20/h1-12,24H,13-18,29H2/t24-/m0/s1. The fourth-order valence-electron chi connectivity index (χ4n) is 4.08. The Bertz CT molecular complexity index is 1050. The van der Waals surface area contributed by atoms with Gasteiger partial charge in [0.15, 0.2) is 0 Å². The fraction of sp³-hybridized carbons (Fsp3) is 0.269. The highest BCUT2D eigenvalue weighted by Crippen LogP contribution is 2.27. The second-order valence-electron chi connectivity index (χ2n) is 8.19. The van der Waals surface area contributed by atoms with E-state index in [1.54, 1.807) is 6.07 Å². The molecule has 1 amide bonds. The van der Waals surface area contributed by atoms with Gasteiger partial charge < -0.3 is 10.6 Å². The molecule has 0 unspecified atom stereocenters. The first-order chi connectivity index (χ1) is 15.5. The summed E-state index contributed by atoms with van der Waals surface area (Å²) in [5.74, 6) is 0.0116. The lowest BCUT2D eigenvalue weighted by Gasteiger charge is -2.36. The van der Waals surface area contributed by atoms with Crippen molar-refractivity contribution < 1.29 is 4.79 Å². The summed E-state index contributed by atoms with van der Waals surface area (Å²) in [6.07, 6.45) is 0.534. The molecular weight excluding hydrogens is 441 g/mol. The van der Waals surface area contributed by atoms with Crippen LogP contribution < -0.4 is 5.73 Å². The number of piperazine rings is 1. The molecule has 2 N–H and O–H groups in total. The number of hydrogen-bond acceptors (Lipinski definition) is 3. The molecule has 6 heteroatoms. The van der Waals surface area contributed by atoms with Crippen molar-refractivity contribution in [3.63, 3.8) is 0 Å². The van der Waals surface area contributed by atoms with Crippen molar-refractivity contribution in [2.75, 3.05) is 26.2 Å². The van der Waals surface area contributed by atoms with Crippen LogP contribution >= 0.6 is 23.2 Å². The number of carbonyl (C=O) groups excluding carboxylic acids is 1. The first-order valence-corrected chi connectivity index (χ1v) is 11.6. The van der Waals surface area contributed by atoms with Gasteiger partial charge >= 0.3 is 0 Å². The van der Waals surface area contributed by atoms with Crippen molar-refractivity contribution in [3.05, 3.63) is 94.0 Å². The maximum atomic E-state index is 12.9. The third-order valence-corrected chi connectivity index (χ3v) is 6.80. The Morgan fingerprint density at radius 3 is 2.19 bits per heavy atom. The minimum Gasteiger partial charge on any atom is -0.339 e. The molecule has 0 radical (unpaired) electrons. The van der Waals surface area contributed by atoms with Gasteiger partial charge in [0.05, 0.1) is 16.1 Å². The number of hydrogen-bond donors (Lipinski definition) is 1. The lowest BCUT2D eigenvalue weighted by Crippen LogP contribution is -2.53. The molecule has 1 aliphatic rings. The Morgan fingerprint density at radius 2 is 1.50 bits per heavy atom. The van der Waals surface area contributed by atoms with E-state index >= 15 is 0 Å². The maximum Gasteiger partial charge on any atom is 0.239 e. The molecule has 1 atom stereocenters. The van der Waals surface area contributed by atoms with Gasteiger partial charge in [-0.2, -0.15) is 0 Å². The highest BCUT2D eigenvalue weighted by molar-refractivity contribution is 6.42. The predicted molar refractivity (Wildman–Crippen MR) is 132 cm³/mol. The highest BCUT2D eigenvalue weighted by atomic mass is 35.5. The molecular formula is C26H27Cl2N3O. The molecule has 32 heavy (non-hydrogen) atoms. The second kappa shape index (κ2) is 10.5. The Hall–Kier alpha value is -2.37. The minimum atomic E-state index is -0.536. The average molecular weight is 468 g/mol. The molecule has 1 saturated heterocycles. The zero-order valence-corrected chi connectivity index (χ0v) is 19.4. The first kappa shape index (κ1) is 22.8. The Balaban J connectivity index is 1.29. The van der Waals surface area contributed by atoms with Crippen LogP contribution in [0.25, 0.3) is 11.1 Å². The lowest BCUT2D eigenvalue weighted by molar-refractivity contribution is -0.134. The Morgan fingerprint density at radius 1 is 0.844 bits per heavy atom. The molecule has 0 saturated carbocycles. The molecule has 0 spiro atoms. The van der Waals surface area contributed by atoms with Gasteiger partial charge in [-0.3, -0.25) is 9.69 Å². The fourth-order valence-corrected chi connectivity index (χ4v) is 4.46. The van der Waals surface area contributed by atoms with Gasteiger partial charge in [0.1, 0.15) is 0 Å². The summed E-state index contributed by atoms with van der Waals surface area (Å²) < 4.78 is 0. The number of amides is 1. The Kier molecular flexibility index (Phi) is 7.48. The monoisotopic (exact) mass is 467 g/mol. The number of nitrogens with two attached hydrogens (primary N) is 1. The Labute approximate surface area is 199 Å². The molecule has 3 aromatic carbocycles. The van der Waals surface area contributed by atoms with Gasteiger partial charge in [0, 0.05) is 32.7 Å². The van der Waals surface area contributed by atoms with Crippen molar-refractivity contribution in [3.8, 4) is 11.1 Å². The number of carbonyl (C=O) groups is 1. The van der Waals surface area contributed by atoms with Crippen molar-refractivity contribution in [2.45, 2.75) is 19.0 Å². The molecule has 1 aliphatic heterocycles. The van der Waals surface area contributed by atoms with Crippen molar-refractivity contribution in [2.24, 2.45) is 5.73 Å². The van der Waals surface area contributed by atoms with Crippen LogP contribution in [0.15, 0.2) is 72.8 Å². The van der Waals surface area contributed by atoms with E-state index < -0.39 is 6.04 Å². The van der Waals surface area contributed by atoms with Gasteiger partial charge in [-0.15, -0.1) is 0 Å². The molecule has 166 valence electrons. The van der Waals surface area contributed by atoms with Crippen LogP contribution in [0.3, 0.4) is 0 Å². The van der Waals surface area contributed by atoms with Crippen molar-refractivity contribution in [1.29, 1.82) is 0 Å². The third-order valence-electron chi connectivity index (χ3n) is 5.94. The van der Waals surface area contributed by atoms with Gasteiger partial charge in [-0.1, -0.05) is 89.9 Å². The summed E-state index contributed by atoms with van der Waals surface area (Å²) in [6, 6.07) is 23.7. The minimum absolute atomic E-state index is 0.0116. The molecule has 4 rings (SSSR count). The summed E-state index contributed by atoms with van der Waals surface area (Å²) >= 11 is 12.4. The van der Waals surface area contributed by atoms with E-state index in [2.05, 4.69) is 41.3 Å². The summed E-state index contributed by atoms with van der Waals surface area (Å²) in [6.45, 7) is 3.62. The van der Waals surface area contributed by atoms with Crippen LogP contribution in [0.5, 0.6) is 0 Å². The number of nitrogens with zero attached hydrogens (tertiary/aromatic N) is 2. The highest BCUT2D eigenvalue weighted by Gasteiger charge is 2.25. The number of benzene rings is 3. The summed E-state index contributed by atoms with van der Waals surface area (Å²) in [7, 11) is 0. The van der Waals surface area contributed by atoms with Crippen molar-refractivity contribution in [1.82, 2.24) is 9.80 Å². The van der Waals surface area contributed by atoms with Crippen LogP contribution in [0.2, 0.25) is 10.0 Å². The molecule has 3 aromatic rings. The number of halogens is 2. The zero-order chi connectivity index (χ0) is 22.5. The molecule has 1 fully saturated rings. The van der Waals surface area contributed by atoms with E-state index in [1.807, 2.05) is 35.2 Å². The van der Waals surface area contributed by atoms with E-state index in [1.165, 1.54) is 5.56 Å². The van der Waals surface area contributed by atoms with E-state index in [4.69, 9.17) is 28.9 Å². The topological polar surface area (TPSA) is 49.6 Å². The lowest BCUT2D eigenvalue weighted by atomic mass is 10.0. The second-order valence-corrected chi connectivity index (χ2v) is 8.97. The van der Waals surface area contributed by atoms with Crippen LogP contribution in [-0.2, 0) is 17.8 Å². The van der Waals surface area contributed by atoms with Gasteiger partial charge in [-0.25, -0.2) is 0 Å². The van der Waals surface area contributed by atoms with Crippen LogP contribution in [0, 0.1) is 0 Å². The summed E-state index contributed by atoms with van der Waals surface area (Å²) in [5, 5.41) is 1.17. The van der Waals surface area contributed by atoms with E-state index in [0.717, 1.165) is 36.3 Å². The molecule has 0 bridgehead atoms. The normalized spacial score (nSPS) is 15.5. The van der Waals surface area contributed by atoms with Crippen LogP contribution in [0.1, 0.15) is 11.1 Å². The van der Waals surface area contributed by atoms with Crippen LogP contribution in [0.4, 0.5) is 0 Å². The zero-order valence-electron chi connectivity index (χ0n) is 17.9. The van der Waals surface area contributed by atoms with Gasteiger partial charge in [0.25, 0.3) is 0 Å². The third kappa shape index (κ3) is 5.51.